The van der Waals surface area contributed by atoms with Crippen molar-refractivity contribution in [1.82, 2.24) is 0 Å². The molecule has 5 nitrogen and oxygen atoms in total. The minimum atomic E-state index is -0.945. The standard InChI is InChI=1S/C21H22ClNO4/c1-13-6-8-17(22)11-19(13)23-21(25)14(2)27-20(24)12-26-18-9-7-15-4-3-5-16(15)10-18/h6-11,14H,3-5,12H2,1-2H3,(H,23,25)/t14-/m0/s1. The summed E-state index contributed by atoms with van der Waals surface area (Å²) in [5, 5.41) is 3.23. The molecule has 2 aromatic carbocycles. The van der Waals surface area contributed by atoms with Gasteiger partial charge in [-0.2, -0.15) is 0 Å². The predicted molar refractivity (Wildman–Crippen MR) is 104 cm³/mol. The van der Waals surface area contributed by atoms with Crippen molar-refractivity contribution in [2.24, 2.45) is 0 Å². The Bertz CT molecular complexity index is 865. The Labute approximate surface area is 163 Å². The number of hydrogen-bond acceptors (Lipinski definition) is 4. The molecule has 0 aromatic heterocycles. The van der Waals surface area contributed by atoms with E-state index in [1.807, 2.05) is 25.1 Å². The first-order chi connectivity index (χ1) is 12.9. The monoisotopic (exact) mass is 387 g/mol. The first kappa shape index (κ1) is 19.2. The molecule has 0 saturated heterocycles. The van der Waals surface area contributed by atoms with Crippen molar-refractivity contribution in [1.29, 1.82) is 0 Å². The average molecular weight is 388 g/mol. The molecular weight excluding hydrogens is 366 g/mol. The molecule has 1 N–H and O–H groups in total. The summed E-state index contributed by atoms with van der Waals surface area (Å²) in [5.74, 6) is -0.383. The van der Waals surface area contributed by atoms with Crippen molar-refractivity contribution < 1.29 is 19.1 Å². The van der Waals surface area contributed by atoms with Crippen LogP contribution in [0, 0.1) is 6.92 Å². The third-order valence-corrected chi connectivity index (χ3v) is 4.80. The van der Waals surface area contributed by atoms with E-state index in [9.17, 15) is 9.59 Å². The number of halogens is 1. The smallest absolute Gasteiger partial charge is 0.344 e. The van der Waals surface area contributed by atoms with Crippen molar-refractivity contribution in [2.45, 2.75) is 39.2 Å². The van der Waals surface area contributed by atoms with E-state index in [1.165, 1.54) is 18.1 Å². The molecule has 0 heterocycles. The average Bonchev–Trinajstić information content (AvgIpc) is 3.10. The molecule has 6 heteroatoms. The van der Waals surface area contributed by atoms with Crippen LogP contribution in [-0.2, 0) is 27.2 Å². The summed E-state index contributed by atoms with van der Waals surface area (Å²) in [4.78, 5) is 24.2. The highest BCUT2D eigenvalue weighted by molar-refractivity contribution is 6.31. The lowest BCUT2D eigenvalue weighted by atomic mass is 10.1. The molecular formula is C21H22ClNO4. The summed E-state index contributed by atoms with van der Waals surface area (Å²) in [6, 6.07) is 11.1. The zero-order valence-corrected chi connectivity index (χ0v) is 16.1. The van der Waals surface area contributed by atoms with Crippen LogP contribution in [0.3, 0.4) is 0 Å². The van der Waals surface area contributed by atoms with Gasteiger partial charge in [0.2, 0.25) is 0 Å². The Morgan fingerprint density at radius 2 is 1.93 bits per heavy atom. The zero-order valence-electron chi connectivity index (χ0n) is 15.4. The molecule has 0 radical (unpaired) electrons. The van der Waals surface area contributed by atoms with Gasteiger partial charge in [0.05, 0.1) is 0 Å². The largest absolute Gasteiger partial charge is 0.482 e. The highest BCUT2D eigenvalue weighted by Gasteiger charge is 2.19. The summed E-state index contributed by atoms with van der Waals surface area (Å²) in [5.41, 5.74) is 4.06. The summed E-state index contributed by atoms with van der Waals surface area (Å²) in [6.45, 7) is 3.13. The van der Waals surface area contributed by atoms with Crippen molar-refractivity contribution in [3.8, 4) is 5.75 Å². The molecule has 0 aliphatic heterocycles. The van der Waals surface area contributed by atoms with Gasteiger partial charge >= 0.3 is 5.97 Å². The van der Waals surface area contributed by atoms with Crippen LogP contribution in [0.1, 0.15) is 30.0 Å². The Balaban J connectivity index is 1.49. The van der Waals surface area contributed by atoms with Crippen molar-refractivity contribution in [3.05, 3.63) is 58.1 Å². The molecule has 27 heavy (non-hydrogen) atoms. The molecule has 2 aromatic rings. The molecule has 0 fully saturated rings. The van der Waals surface area contributed by atoms with Gasteiger partial charge in [-0.3, -0.25) is 4.79 Å². The molecule has 1 aliphatic carbocycles. The number of rotatable bonds is 6. The lowest BCUT2D eigenvalue weighted by molar-refractivity contribution is -0.155. The Kier molecular flexibility index (Phi) is 6.01. The first-order valence-electron chi connectivity index (χ1n) is 8.93. The van der Waals surface area contributed by atoms with E-state index in [1.54, 1.807) is 18.2 Å². The molecule has 0 unspecified atom stereocenters. The van der Waals surface area contributed by atoms with Crippen LogP contribution in [0.4, 0.5) is 5.69 Å². The summed E-state index contributed by atoms with van der Waals surface area (Å²) < 4.78 is 10.7. The van der Waals surface area contributed by atoms with Crippen LogP contribution < -0.4 is 10.1 Å². The van der Waals surface area contributed by atoms with Crippen LogP contribution in [0.5, 0.6) is 5.75 Å². The number of fused-ring (bicyclic) bond motifs is 1. The predicted octanol–water partition coefficient (Wildman–Crippen LogP) is 4.09. The number of benzene rings is 2. The topological polar surface area (TPSA) is 64.6 Å². The van der Waals surface area contributed by atoms with Crippen LogP contribution in [0.2, 0.25) is 5.02 Å². The van der Waals surface area contributed by atoms with Crippen LogP contribution >= 0.6 is 11.6 Å². The number of ether oxygens (including phenoxy) is 2. The highest BCUT2D eigenvalue weighted by atomic mass is 35.5. The van der Waals surface area contributed by atoms with Gasteiger partial charge in [0.1, 0.15) is 5.75 Å². The van der Waals surface area contributed by atoms with E-state index in [4.69, 9.17) is 21.1 Å². The van der Waals surface area contributed by atoms with Crippen LogP contribution in [0.25, 0.3) is 0 Å². The molecule has 1 atom stereocenters. The van der Waals surface area contributed by atoms with E-state index in [0.717, 1.165) is 24.8 Å². The number of anilines is 1. The van der Waals surface area contributed by atoms with Gasteiger partial charge in [0.15, 0.2) is 12.7 Å². The number of hydrogen-bond donors (Lipinski definition) is 1. The molecule has 142 valence electrons. The van der Waals surface area contributed by atoms with Crippen LogP contribution in [-0.4, -0.2) is 24.6 Å². The van der Waals surface area contributed by atoms with Crippen LogP contribution in [0.15, 0.2) is 36.4 Å². The van der Waals surface area contributed by atoms with E-state index < -0.39 is 18.0 Å². The Hall–Kier alpha value is -2.53. The number of nitrogens with one attached hydrogen (secondary N) is 1. The number of carbonyl (C=O) groups excluding carboxylic acids is 2. The van der Waals surface area contributed by atoms with E-state index in [0.29, 0.717) is 16.5 Å². The maximum absolute atomic E-state index is 12.2. The van der Waals surface area contributed by atoms with Gasteiger partial charge in [-0.1, -0.05) is 23.7 Å². The van der Waals surface area contributed by atoms with Crippen molar-refractivity contribution >= 4 is 29.2 Å². The normalized spacial score (nSPS) is 13.6. The second kappa shape index (κ2) is 8.44. The number of aryl methyl sites for hydroxylation is 3. The number of carbonyl (C=O) groups is 2. The van der Waals surface area contributed by atoms with E-state index in [2.05, 4.69) is 5.32 Å². The second-order valence-corrected chi connectivity index (χ2v) is 7.09. The Morgan fingerprint density at radius 1 is 1.15 bits per heavy atom. The van der Waals surface area contributed by atoms with Gasteiger partial charge in [0, 0.05) is 10.7 Å². The fourth-order valence-electron chi connectivity index (χ4n) is 3.03. The fourth-order valence-corrected chi connectivity index (χ4v) is 3.20. The zero-order chi connectivity index (χ0) is 19.4. The van der Waals surface area contributed by atoms with E-state index in [-0.39, 0.29) is 6.61 Å². The summed E-state index contributed by atoms with van der Waals surface area (Å²) in [6.07, 6.45) is 2.34. The third-order valence-electron chi connectivity index (χ3n) is 4.56. The SMILES string of the molecule is Cc1ccc(Cl)cc1NC(=O)[C@H](C)OC(=O)COc1ccc2c(c1)CCC2. The van der Waals surface area contributed by atoms with Crippen molar-refractivity contribution in [3.63, 3.8) is 0 Å². The molecule has 1 amide bonds. The Morgan fingerprint density at radius 3 is 2.74 bits per heavy atom. The quantitative estimate of drug-likeness (QED) is 0.758. The van der Waals surface area contributed by atoms with Crippen molar-refractivity contribution in [2.75, 3.05) is 11.9 Å². The highest BCUT2D eigenvalue weighted by Crippen LogP contribution is 2.26. The minimum Gasteiger partial charge on any atom is -0.482 e. The number of amides is 1. The molecule has 0 bridgehead atoms. The van der Waals surface area contributed by atoms with Gasteiger partial charge in [-0.15, -0.1) is 0 Å². The molecule has 0 saturated carbocycles. The van der Waals surface area contributed by atoms with Gasteiger partial charge < -0.3 is 14.8 Å². The second-order valence-electron chi connectivity index (χ2n) is 6.65. The molecule has 0 spiro atoms. The van der Waals surface area contributed by atoms with Gasteiger partial charge in [-0.25, -0.2) is 4.79 Å². The number of esters is 1. The maximum atomic E-state index is 12.2. The third kappa shape index (κ3) is 5.01. The maximum Gasteiger partial charge on any atom is 0.344 e. The lowest BCUT2D eigenvalue weighted by Gasteiger charge is -2.15. The van der Waals surface area contributed by atoms with Gasteiger partial charge in [0.25, 0.3) is 5.91 Å². The lowest BCUT2D eigenvalue weighted by Crippen LogP contribution is -2.31. The molecule has 1 aliphatic rings. The first-order valence-corrected chi connectivity index (χ1v) is 9.31. The summed E-state index contributed by atoms with van der Waals surface area (Å²) >= 11 is 5.95. The summed E-state index contributed by atoms with van der Waals surface area (Å²) in [7, 11) is 0. The molecule has 3 rings (SSSR count). The minimum absolute atomic E-state index is 0.243. The van der Waals surface area contributed by atoms with Gasteiger partial charge in [-0.05, 0) is 74.1 Å². The fraction of sp³-hybridized carbons (Fsp3) is 0.333. The van der Waals surface area contributed by atoms with E-state index >= 15 is 0 Å².